The SMILES string of the molecule is CC(C)(C)N=NOOC(C)(C)CCCCCC(=O)OC(C)(C)C. The third-order valence-electron chi connectivity index (χ3n) is 2.72. The summed E-state index contributed by atoms with van der Waals surface area (Å²) < 4.78 is 5.27. The molecule has 0 heterocycles. The average Bonchev–Trinajstić information content (AvgIpc) is 2.31. The van der Waals surface area contributed by atoms with E-state index in [-0.39, 0.29) is 11.5 Å². The summed E-state index contributed by atoms with van der Waals surface area (Å²) in [5.41, 5.74) is -1.14. The van der Waals surface area contributed by atoms with Crippen molar-refractivity contribution in [3.63, 3.8) is 0 Å². The van der Waals surface area contributed by atoms with E-state index in [1.165, 1.54) is 0 Å². The number of esters is 1. The van der Waals surface area contributed by atoms with E-state index in [0.717, 1.165) is 25.7 Å². The van der Waals surface area contributed by atoms with Gasteiger partial charge in [0.15, 0.2) is 0 Å². The van der Waals surface area contributed by atoms with Crippen LogP contribution in [0, 0.1) is 0 Å². The van der Waals surface area contributed by atoms with Crippen LogP contribution in [-0.4, -0.2) is 22.7 Å². The number of rotatable bonds is 9. The molecule has 23 heavy (non-hydrogen) atoms. The molecule has 0 aliphatic carbocycles. The summed E-state index contributed by atoms with van der Waals surface area (Å²) in [6.07, 6.45) is 3.96. The molecule has 0 rings (SSSR count). The van der Waals surface area contributed by atoms with Crippen LogP contribution in [0.1, 0.15) is 87.5 Å². The first-order valence-electron chi connectivity index (χ1n) is 8.30. The van der Waals surface area contributed by atoms with Gasteiger partial charge in [0, 0.05) is 6.42 Å². The molecular formula is C17H34N2O4. The molecule has 0 radical (unpaired) electrons. The molecule has 0 saturated heterocycles. The normalized spacial score (nSPS) is 13.4. The summed E-state index contributed by atoms with van der Waals surface area (Å²) in [5.74, 6) is -0.140. The quantitative estimate of drug-likeness (QED) is 0.192. The van der Waals surface area contributed by atoms with E-state index in [4.69, 9.17) is 14.6 Å². The number of hydrogen-bond donors (Lipinski definition) is 0. The first-order valence-corrected chi connectivity index (χ1v) is 8.30. The van der Waals surface area contributed by atoms with Crippen LogP contribution < -0.4 is 0 Å². The van der Waals surface area contributed by atoms with Gasteiger partial charge in [-0.25, -0.2) is 0 Å². The van der Waals surface area contributed by atoms with Gasteiger partial charge in [-0.05, 0) is 68.2 Å². The van der Waals surface area contributed by atoms with Crippen molar-refractivity contribution in [2.45, 2.75) is 104 Å². The Morgan fingerprint density at radius 3 is 2.04 bits per heavy atom. The van der Waals surface area contributed by atoms with Crippen LogP contribution in [-0.2, 0) is 19.4 Å². The average molecular weight is 330 g/mol. The molecular weight excluding hydrogens is 296 g/mol. The van der Waals surface area contributed by atoms with Gasteiger partial charge < -0.3 is 4.74 Å². The molecule has 6 heteroatoms. The van der Waals surface area contributed by atoms with Crippen LogP contribution in [0.25, 0.3) is 0 Å². The Morgan fingerprint density at radius 1 is 0.913 bits per heavy atom. The van der Waals surface area contributed by atoms with Crippen molar-refractivity contribution in [3.8, 4) is 0 Å². The molecule has 0 unspecified atom stereocenters. The van der Waals surface area contributed by atoms with Gasteiger partial charge in [-0.1, -0.05) is 12.8 Å². The maximum atomic E-state index is 11.6. The summed E-state index contributed by atoms with van der Waals surface area (Å²) in [6.45, 7) is 15.3. The van der Waals surface area contributed by atoms with Crippen LogP contribution in [0.15, 0.2) is 10.4 Å². The fourth-order valence-corrected chi connectivity index (χ4v) is 1.69. The van der Waals surface area contributed by atoms with Gasteiger partial charge in [-0.2, -0.15) is 9.88 Å². The van der Waals surface area contributed by atoms with Crippen LogP contribution in [0.5, 0.6) is 0 Å². The molecule has 0 saturated carbocycles. The van der Waals surface area contributed by atoms with Crippen molar-refractivity contribution in [3.05, 3.63) is 0 Å². The topological polar surface area (TPSA) is 69.5 Å². The van der Waals surface area contributed by atoms with Crippen LogP contribution >= 0.6 is 0 Å². The molecule has 0 N–H and O–H groups in total. The highest BCUT2D eigenvalue weighted by Gasteiger charge is 2.21. The number of carbonyl (C=O) groups is 1. The van der Waals surface area contributed by atoms with Gasteiger partial charge in [-0.3, -0.25) is 4.79 Å². The highest BCUT2D eigenvalue weighted by atomic mass is 17.3. The molecule has 0 spiro atoms. The third kappa shape index (κ3) is 15.5. The van der Waals surface area contributed by atoms with E-state index in [1.807, 2.05) is 55.4 Å². The Morgan fingerprint density at radius 2 is 1.52 bits per heavy atom. The Bertz CT molecular complexity index is 379. The minimum atomic E-state index is -0.442. The van der Waals surface area contributed by atoms with Gasteiger partial charge in [0.25, 0.3) is 0 Å². The van der Waals surface area contributed by atoms with Gasteiger partial charge in [0.2, 0.25) is 0 Å². The molecule has 0 fully saturated rings. The standard InChI is InChI=1S/C17H34N2O4/c1-15(2,3)18-19-23-22-17(7,8)13-11-9-10-12-14(20)21-16(4,5)6/h9-13H2,1-8H3. The number of nitrogens with zero attached hydrogens (tertiary/aromatic N) is 2. The van der Waals surface area contributed by atoms with Crippen molar-refractivity contribution >= 4 is 5.97 Å². The molecule has 0 aliphatic heterocycles. The fourth-order valence-electron chi connectivity index (χ4n) is 1.69. The first kappa shape index (κ1) is 21.8. The Balaban J connectivity index is 3.82. The second-order valence-corrected chi connectivity index (χ2v) is 8.42. The van der Waals surface area contributed by atoms with Gasteiger partial charge >= 0.3 is 5.97 Å². The number of hydrogen-bond acceptors (Lipinski definition) is 6. The first-order chi connectivity index (χ1) is 10.3. The molecule has 0 amide bonds. The monoisotopic (exact) mass is 330 g/mol. The summed E-state index contributed by atoms with van der Waals surface area (Å²) in [5, 5.41) is 7.52. The van der Waals surface area contributed by atoms with Crippen molar-refractivity contribution in [2.24, 2.45) is 10.4 Å². The Hall–Kier alpha value is -1.17. The van der Waals surface area contributed by atoms with Crippen LogP contribution in [0.4, 0.5) is 0 Å². The summed E-state index contributed by atoms with van der Waals surface area (Å²) in [7, 11) is 0. The lowest BCUT2D eigenvalue weighted by molar-refractivity contribution is -0.362. The van der Waals surface area contributed by atoms with Gasteiger partial charge in [0.05, 0.1) is 10.8 Å². The van der Waals surface area contributed by atoms with E-state index in [9.17, 15) is 4.79 Å². The molecule has 0 aromatic heterocycles. The van der Waals surface area contributed by atoms with E-state index in [2.05, 4.69) is 10.4 Å². The zero-order chi connectivity index (χ0) is 18.1. The highest BCUT2D eigenvalue weighted by molar-refractivity contribution is 5.69. The number of ether oxygens (including phenoxy) is 1. The van der Waals surface area contributed by atoms with Crippen molar-refractivity contribution < 1.29 is 19.4 Å². The largest absolute Gasteiger partial charge is 0.460 e. The lowest BCUT2D eigenvalue weighted by Crippen LogP contribution is -2.24. The minimum absolute atomic E-state index is 0.140. The summed E-state index contributed by atoms with van der Waals surface area (Å²) in [6, 6.07) is 0. The number of carbonyl (C=O) groups excluding carboxylic acids is 1. The molecule has 0 aromatic carbocycles. The zero-order valence-corrected chi connectivity index (χ0v) is 16.1. The second kappa shape index (κ2) is 9.21. The Labute approximate surface area is 140 Å². The molecule has 0 aromatic rings. The van der Waals surface area contributed by atoms with Gasteiger partial charge in [0.1, 0.15) is 11.2 Å². The Kier molecular flexibility index (Phi) is 8.74. The smallest absolute Gasteiger partial charge is 0.306 e. The van der Waals surface area contributed by atoms with Crippen LogP contribution in [0.2, 0.25) is 0 Å². The van der Waals surface area contributed by atoms with E-state index >= 15 is 0 Å². The second-order valence-electron chi connectivity index (χ2n) is 8.42. The predicted molar refractivity (Wildman–Crippen MR) is 89.8 cm³/mol. The molecule has 6 nitrogen and oxygen atoms in total. The van der Waals surface area contributed by atoms with Gasteiger partial charge in [-0.15, -0.1) is 5.11 Å². The van der Waals surface area contributed by atoms with Crippen molar-refractivity contribution in [1.29, 1.82) is 0 Å². The lowest BCUT2D eigenvalue weighted by atomic mass is 10.0. The molecule has 136 valence electrons. The van der Waals surface area contributed by atoms with Crippen molar-refractivity contribution in [2.75, 3.05) is 0 Å². The summed E-state index contributed by atoms with van der Waals surface area (Å²) in [4.78, 5) is 21.7. The molecule has 0 aliphatic rings. The van der Waals surface area contributed by atoms with E-state index < -0.39 is 11.2 Å². The summed E-state index contributed by atoms with van der Waals surface area (Å²) >= 11 is 0. The fraction of sp³-hybridized carbons (Fsp3) is 0.941. The lowest BCUT2D eigenvalue weighted by Gasteiger charge is -2.21. The zero-order valence-electron chi connectivity index (χ0n) is 16.1. The van der Waals surface area contributed by atoms with E-state index in [0.29, 0.717) is 6.42 Å². The van der Waals surface area contributed by atoms with E-state index in [1.54, 1.807) is 0 Å². The maximum Gasteiger partial charge on any atom is 0.306 e. The van der Waals surface area contributed by atoms with Crippen LogP contribution in [0.3, 0.4) is 0 Å². The molecule has 0 atom stereocenters. The molecule has 0 bridgehead atoms. The third-order valence-corrected chi connectivity index (χ3v) is 2.72. The minimum Gasteiger partial charge on any atom is -0.460 e. The van der Waals surface area contributed by atoms with Crippen molar-refractivity contribution in [1.82, 2.24) is 0 Å². The number of unbranched alkanes of at least 4 members (excludes halogenated alkanes) is 2. The highest BCUT2D eigenvalue weighted by Crippen LogP contribution is 2.20. The maximum absolute atomic E-state index is 11.6. The predicted octanol–water partition coefficient (Wildman–Crippen LogP) is 5.17.